The number of benzene rings is 2. The van der Waals surface area contributed by atoms with Crippen LogP contribution in [0.3, 0.4) is 0 Å². The molecular weight excluding hydrogens is 315 g/mol. The number of carbonyl (C=O) groups excluding carboxylic acids is 1. The third-order valence-electron chi connectivity index (χ3n) is 2.91. The van der Waals surface area contributed by atoms with Crippen molar-refractivity contribution in [2.45, 2.75) is 0 Å². The second kappa shape index (κ2) is 7.51. The monoisotopic (exact) mass is 326 g/mol. The van der Waals surface area contributed by atoms with Gasteiger partial charge in [-0.1, -0.05) is 6.07 Å². The number of carbonyl (C=O) groups is 1. The van der Waals surface area contributed by atoms with Crippen molar-refractivity contribution in [3.05, 3.63) is 76.2 Å². The molecule has 0 fully saturated rings. The molecule has 24 heavy (non-hydrogen) atoms. The van der Waals surface area contributed by atoms with E-state index in [-0.39, 0.29) is 16.9 Å². The van der Waals surface area contributed by atoms with Gasteiger partial charge in [0, 0.05) is 29.7 Å². The second-order valence-electron chi connectivity index (χ2n) is 4.58. The molecule has 2 rings (SSSR count). The smallest absolute Gasteiger partial charge is 0.271 e. The highest BCUT2D eigenvalue weighted by molar-refractivity contribution is 6.06. The first-order chi connectivity index (χ1) is 11.5. The Hall–Kier alpha value is -3.73. The molecular formula is C16H11FN4O3. The molecule has 0 unspecified atom stereocenters. The van der Waals surface area contributed by atoms with E-state index in [9.17, 15) is 19.3 Å². The van der Waals surface area contributed by atoms with Crippen LogP contribution in [0.15, 0.2) is 60.3 Å². The van der Waals surface area contributed by atoms with Gasteiger partial charge in [0.25, 0.3) is 11.6 Å². The number of anilines is 2. The maximum absolute atomic E-state index is 12.8. The quantitative estimate of drug-likeness (QED) is 0.380. The second-order valence-corrected chi connectivity index (χ2v) is 4.58. The summed E-state index contributed by atoms with van der Waals surface area (Å²) in [6, 6.07) is 12.4. The Labute approximate surface area is 136 Å². The average Bonchev–Trinajstić information content (AvgIpc) is 2.57. The lowest BCUT2D eigenvalue weighted by atomic mass is 10.2. The van der Waals surface area contributed by atoms with Crippen LogP contribution in [0.2, 0.25) is 0 Å². The van der Waals surface area contributed by atoms with Crippen LogP contribution >= 0.6 is 0 Å². The number of non-ortho nitro benzene ring substituents is 1. The fourth-order valence-electron chi connectivity index (χ4n) is 1.75. The van der Waals surface area contributed by atoms with Gasteiger partial charge in [-0.15, -0.1) is 0 Å². The summed E-state index contributed by atoms with van der Waals surface area (Å²) in [6.07, 6.45) is 1.17. The largest absolute Gasteiger partial charge is 0.360 e. The lowest BCUT2D eigenvalue weighted by Gasteiger charge is -2.05. The third kappa shape index (κ3) is 4.38. The summed E-state index contributed by atoms with van der Waals surface area (Å²) in [5.41, 5.74) is 0.259. The van der Waals surface area contributed by atoms with E-state index in [1.54, 1.807) is 6.07 Å². The summed E-state index contributed by atoms with van der Waals surface area (Å²) in [7, 11) is 0. The number of nitrogens with zero attached hydrogens (tertiary/aromatic N) is 2. The molecule has 0 saturated heterocycles. The third-order valence-corrected chi connectivity index (χ3v) is 2.91. The molecule has 0 heterocycles. The van der Waals surface area contributed by atoms with Gasteiger partial charge in [0.15, 0.2) is 0 Å². The van der Waals surface area contributed by atoms with Gasteiger partial charge < -0.3 is 10.6 Å². The van der Waals surface area contributed by atoms with Crippen molar-refractivity contribution in [1.82, 2.24) is 0 Å². The van der Waals surface area contributed by atoms with Gasteiger partial charge in [0.2, 0.25) is 0 Å². The zero-order valence-electron chi connectivity index (χ0n) is 12.2. The Morgan fingerprint density at radius 3 is 2.54 bits per heavy atom. The molecule has 0 atom stereocenters. The van der Waals surface area contributed by atoms with Crippen molar-refractivity contribution < 1.29 is 14.1 Å². The molecule has 2 aromatic carbocycles. The number of nitrogens with one attached hydrogen (secondary N) is 2. The van der Waals surface area contributed by atoms with Crippen molar-refractivity contribution in [2.75, 3.05) is 10.6 Å². The Morgan fingerprint density at radius 1 is 1.21 bits per heavy atom. The zero-order chi connectivity index (χ0) is 17.5. The molecule has 0 radical (unpaired) electrons. The molecule has 120 valence electrons. The number of nitriles is 1. The minimum absolute atomic E-state index is 0.181. The van der Waals surface area contributed by atoms with Crippen LogP contribution in [-0.2, 0) is 4.79 Å². The maximum Gasteiger partial charge on any atom is 0.271 e. The highest BCUT2D eigenvalue weighted by Gasteiger charge is 2.12. The van der Waals surface area contributed by atoms with Crippen LogP contribution < -0.4 is 10.6 Å². The van der Waals surface area contributed by atoms with Crippen LogP contribution in [0, 0.1) is 27.3 Å². The fourth-order valence-corrected chi connectivity index (χ4v) is 1.75. The summed E-state index contributed by atoms with van der Waals surface area (Å²) >= 11 is 0. The molecule has 2 N–H and O–H groups in total. The number of halogens is 1. The first-order valence-corrected chi connectivity index (χ1v) is 6.68. The van der Waals surface area contributed by atoms with Gasteiger partial charge in [0.05, 0.1) is 4.92 Å². The van der Waals surface area contributed by atoms with Crippen molar-refractivity contribution in [1.29, 1.82) is 5.26 Å². The van der Waals surface area contributed by atoms with E-state index in [1.807, 2.05) is 0 Å². The zero-order valence-corrected chi connectivity index (χ0v) is 12.2. The Balaban J connectivity index is 2.10. The molecule has 0 spiro atoms. The van der Waals surface area contributed by atoms with E-state index in [0.717, 1.165) is 0 Å². The number of nitro benzene ring substituents is 1. The van der Waals surface area contributed by atoms with Crippen LogP contribution in [0.5, 0.6) is 0 Å². The molecule has 0 bridgehead atoms. The van der Waals surface area contributed by atoms with E-state index in [1.165, 1.54) is 54.7 Å². The maximum atomic E-state index is 12.8. The topological polar surface area (TPSA) is 108 Å². The van der Waals surface area contributed by atoms with Gasteiger partial charge >= 0.3 is 0 Å². The minimum atomic E-state index is -0.729. The van der Waals surface area contributed by atoms with Crippen LogP contribution in [0.25, 0.3) is 0 Å². The van der Waals surface area contributed by atoms with Crippen molar-refractivity contribution >= 4 is 23.0 Å². The van der Waals surface area contributed by atoms with Gasteiger partial charge in [-0.3, -0.25) is 14.9 Å². The Kier molecular flexibility index (Phi) is 5.20. The molecule has 7 nitrogen and oxygen atoms in total. The number of nitro groups is 1. The molecule has 0 aliphatic carbocycles. The molecule has 0 aliphatic rings. The number of hydrogen-bond acceptors (Lipinski definition) is 5. The van der Waals surface area contributed by atoms with Crippen LogP contribution in [0.1, 0.15) is 0 Å². The van der Waals surface area contributed by atoms with E-state index >= 15 is 0 Å². The van der Waals surface area contributed by atoms with Crippen molar-refractivity contribution in [2.24, 2.45) is 0 Å². The van der Waals surface area contributed by atoms with E-state index in [4.69, 9.17) is 5.26 Å². The average molecular weight is 326 g/mol. The van der Waals surface area contributed by atoms with Gasteiger partial charge in [-0.25, -0.2) is 4.39 Å². The molecule has 0 aliphatic heterocycles. The Bertz CT molecular complexity index is 841. The fraction of sp³-hybridized carbons (Fsp3) is 0. The highest BCUT2D eigenvalue weighted by atomic mass is 19.1. The first-order valence-electron chi connectivity index (χ1n) is 6.68. The predicted octanol–water partition coefficient (Wildman–Crippen LogP) is 3.19. The lowest BCUT2D eigenvalue weighted by Crippen LogP contribution is -2.14. The van der Waals surface area contributed by atoms with Gasteiger partial charge in [-0.2, -0.15) is 5.26 Å². The van der Waals surface area contributed by atoms with Crippen LogP contribution in [-0.4, -0.2) is 10.8 Å². The first kappa shape index (κ1) is 16.6. The minimum Gasteiger partial charge on any atom is -0.360 e. The molecule has 0 aromatic heterocycles. The normalized spacial score (nSPS) is 10.6. The van der Waals surface area contributed by atoms with Crippen LogP contribution in [0.4, 0.5) is 21.5 Å². The number of rotatable bonds is 5. The van der Waals surface area contributed by atoms with Crippen molar-refractivity contribution in [3.8, 4) is 6.07 Å². The lowest BCUT2D eigenvalue weighted by molar-refractivity contribution is -0.384. The SMILES string of the molecule is N#C/C(=C/Nc1ccc(F)cc1)C(=O)Nc1cccc([N+](=O)[O-])c1. The summed E-state index contributed by atoms with van der Waals surface area (Å²) in [5, 5.41) is 24.9. The summed E-state index contributed by atoms with van der Waals surface area (Å²) < 4.78 is 12.8. The van der Waals surface area contributed by atoms with E-state index in [2.05, 4.69) is 10.6 Å². The molecule has 2 aromatic rings. The molecule has 0 saturated carbocycles. The summed E-state index contributed by atoms with van der Waals surface area (Å²) in [6.45, 7) is 0. The standard InChI is InChI=1S/C16H11FN4O3/c17-12-4-6-13(7-5-12)19-10-11(9-18)16(22)20-14-2-1-3-15(8-14)21(23)24/h1-8,10,19H,(H,20,22)/b11-10-. The van der Waals surface area contributed by atoms with E-state index in [0.29, 0.717) is 5.69 Å². The van der Waals surface area contributed by atoms with Crippen molar-refractivity contribution in [3.63, 3.8) is 0 Å². The molecule has 8 heteroatoms. The number of hydrogen-bond donors (Lipinski definition) is 2. The summed E-state index contributed by atoms with van der Waals surface area (Å²) in [5.74, 6) is -1.14. The highest BCUT2D eigenvalue weighted by Crippen LogP contribution is 2.17. The summed E-state index contributed by atoms with van der Waals surface area (Å²) in [4.78, 5) is 22.1. The number of amides is 1. The van der Waals surface area contributed by atoms with Gasteiger partial charge in [-0.05, 0) is 30.3 Å². The van der Waals surface area contributed by atoms with E-state index < -0.39 is 16.6 Å². The Morgan fingerprint density at radius 2 is 1.92 bits per heavy atom. The predicted molar refractivity (Wildman–Crippen MR) is 85.4 cm³/mol. The van der Waals surface area contributed by atoms with Gasteiger partial charge in [0.1, 0.15) is 17.5 Å². The molecule has 1 amide bonds.